The Morgan fingerprint density at radius 2 is 1.83 bits per heavy atom. The average molecular weight is 290 g/mol. The molecule has 3 nitrogen and oxygen atoms in total. The van der Waals surface area contributed by atoms with E-state index in [2.05, 4.69) is 5.32 Å². The first-order chi connectivity index (χ1) is 8.53. The number of nitrogens with one attached hydrogen (secondary N) is 1. The van der Waals surface area contributed by atoms with Crippen molar-refractivity contribution in [2.45, 2.75) is 18.9 Å². The van der Waals surface area contributed by atoms with Gasteiger partial charge in [0.15, 0.2) is 0 Å². The molecule has 0 aromatic heterocycles. The average Bonchev–Trinajstić information content (AvgIpc) is 2.39. The second kappa shape index (κ2) is 6.86. The number of hydrogen-bond acceptors (Lipinski definition) is 2. The third-order valence-electron chi connectivity index (χ3n) is 2.55. The molecule has 0 aliphatic carbocycles. The number of halogens is 2. The molecule has 0 radical (unpaired) electrons. The normalized spacial score (nSPS) is 11.1. The fourth-order valence-electron chi connectivity index (χ4n) is 1.41. The van der Waals surface area contributed by atoms with Crippen molar-refractivity contribution in [1.29, 1.82) is 0 Å². The topological polar surface area (TPSA) is 38.3 Å². The van der Waals surface area contributed by atoms with Crippen LogP contribution in [0.4, 0.5) is 0 Å². The monoisotopic (exact) mass is 289 g/mol. The van der Waals surface area contributed by atoms with Crippen LogP contribution >= 0.6 is 23.2 Å². The maximum atomic E-state index is 11.8. The van der Waals surface area contributed by atoms with Crippen molar-refractivity contribution in [3.63, 3.8) is 0 Å². The highest BCUT2D eigenvalue weighted by Gasteiger charge is 2.24. The SMILES string of the molecule is COc1ccc(CC(=O)NC(C)(CCl)CCl)cc1. The van der Waals surface area contributed by atoms with Gasteiger partial charge in [0.1, 0.15) is 5.75 Å². The van der Waals surface area contributed by atoms with E-state index in [1.54, 1.807) is 7.11 Å². The molecule has 0 fully saturated rings. The van der Waals surface area contributed by atoms with Crippen LogP contribution < -0.4 is 10.1 Å². The Morgan fingerprint density at radius 1 is 1.28 bits per heavy atom. The van der Waals surface area contributed by atoms with Gasteiger partial charge in [0.25, 0.3) is 0 Å². The molecule has 0 atom stereocenters. The first-order valence-corrected chi connectivity index (χ1v) is 6.66. The van der Waals surface area contributed by atoms with Gasteiger partial charge < -0.3 is 10.1 Å². The predicted octanol–water partition coefficient (Wildman–Crippen LogP) is 2.59. The van der Waals surface area contributed by atoms with Crippen LogP contribution in [0, 0.1) is 0 Å². The van der Waals surface area contributed by atoms with E-state index in [1.807, 2.05) is 31.2 Å². The van der Waals surface area contributed by atoms with E-state index in [9.17, 15) is 4.79 Å². The van der Waals surface area contributed by atoms with Crippen molar-refractivity contribution in [3.05, 3.63) is 29.8 Å². The van der Waals surface area contributed by atoms with E-state index in [0.717, 1.165) is 11.3 Å². The molecule has 18 heavy (non-hydrogen) atoms. The summed E-state index contributed by atoms with van der Waals surface area (Å²) in [6, 6.07) is 7.37. The Labute approximate surface area is 117 Å². The summed E-state index contributed by atoms with van der Waals surface area (Å²) in [6.07, 6.45) is 0.299. The van der Waals surface area contributed by atoms with E-state index < -0.39 is 5.54 Å². The number of ether oxygens (including phenoxy) is 1. The lowest BCUT2D eigenvalue weighted by molar-refractivity contribution is -0.121. The van der Waals surface area contributed by atoms with Crippen molar-refractivity contribution in [1.82, 2.24) is 5.32 Å². The molecule has 5 heteroatoms. The van der Waals surface area contributed by atoms with E-state index in [1.165, 1.54) is 0 Å². The summed E-state index contributed by atoms with van der Waals surface area (Å²) in [5.74, 6) is 1.24. The highest BCUT2D eigenvalue weighted by molar-refractivity contribution is 6.22. The second-order valence-electron chi connectivity index (χ2n) is 4.40. The van der Waals surface area contributed by atoms with E-state index >= 15 is 0 Å². The Hall–Kier alpha value is -0.930. The zero-order chi connectivity index (χ0) is 13.6. The van der Waals surface area contributed by atoms with Gasteiger partial charge in [0.2, 0.25) is 5.91 Å². The standard InChI is InChI=1S/C13H17Cl2NO2/c1-13(8-14,9-15)16-12(17)7-10-3-5-11(18-2)6-4-10/h3-6H,7-9H2,1-2H3,(H,16,17). The molecule has 0 heterocycles. The summed E-state index contributed by atoms with van der Waals surface area (Å²) in [5.41, 5.74) is 0.354. The van der Waals surface area contributed by atoms with Crippen molar-refractivity contribution in [3.8, 4) is 5.75 Å². The minimum Gasteiger partial charge on any atom is -0.497 e. The predicted molar refractivity (Wildman–Crippen MR) is 74.7 cm³/mol. The third kappa shape index (κ3) is 4.39. The van der Waals surface area contributed by atoms with Gasteiger partial charge in [-0.2, -0.15) is 0 Å². The Morgan fingerprint density at radius 3 is 2.28 bits per heavy atom. The third-order valence-corrected chi connectivity index (χ3v) is 3.73. The van der Waals surface area contributed by atoms with Crippen LogP contribution in [-0.4, -0.2) is 30.3 Å². The first-order valence-electron chi connectivity index (χ1n) is 5.59. The second-order valence-corrected chi connectivity index (χ2v) is 4.94. The van der Waals surface area contributed by atoms with Gasteiger partial charge in [0, 0.05) is 11.8 Å². The fraction of sp³-hybridized carbons (Fsp3) is 0.462. The number of carbonyl (C=O) groups is 1. The van der Waals surface area contributed by atoms with Gasteiger partial charge >= 0.3 is 0 Å². The minimum atomic E-state index is -0.563. The lowest BCUT2D eigenvalue weighted by Gasteiger charge is -2.25. The van der Waals surface area contributed by atoms with Crippen LogP contribution in [0.1, 0.15) is 12.5 Å². The van der Waals surface area contributed by atoms with Gasteiger partial charge in [-0.3, -0.25) is 4.79 Å². The number of methoxy groups -OCH3 is 1. The maximum Gasteiger partial charge on any atom is 0.224 e. The summed E-state index contributed by atoms with van der Waals surface area (Å²) < 4.78 is 5.05. The molecular formula is C13H17Cl2NO2. The zero-order valence-electron chi connectivity index (χ0n) is 10.5. The Balaban J connectivity index is 2.58. The lowest BCUT2D eigenvalue weighted by Crippen LogP contribution is -2.49. The summed E-state index contributed by atoms with van der Waals surface area (Å²) >= 11 is 11.6. The Kier molecular flexibility index (Phi) is 5.76. The number of amides is 1. The van der Waals surface area contributed by atoms with Gasteiger partial charge in [-0.1, -0.05) is 12.1 Å². The first kappa shape index (κ1) is 15.1. The van der Waals surface area contributed by atoms with Crippen LogP contribution in [-0.2, 0) is 11.2 Å². The van der Waals surface area contributed by atoms with Crippen LogP contribution in [0.2, 0.25) is 0 Å². The lowest BCUT2D eigenvalue weighted by atomic mass is 10.1. The van der Waals surface area contributed by atoms with Crippen LogP contribution in [0.25, 0.3) is 0 Å². The summed E-state index contributed by atoms with van der Waals surface area (Å²) in [4.78, 5) is 11.8. The van der Waals surface area contributed by atoms with Crippen LogP contribution in [0.3, 0.4) is 0 Å². The number of rotatable bonds is 6. The molecule has 1 rings (SSSR count). The number of carbonyl (C=O) groups excluding carboxylic acids is 1. The van der Waals surface area contributed by atoms with E-state index in [0.29, 0.717) is 6.42 Å². The van der Waals surface area contributed by atoms with Gasteiger partial charge in [0.05, 0.1) is 19.1 Å². The van der Waals surface area contributed by atoms with Crippen molar-refractivity contribution < 1.29 is 9.53 Å². The molecule has 1 N–H and O–H groups in total. The number of benzene rings is 1. The number of alkyl halides is 2. The molecular weight excluding hydrogens is 273 g/mol. The Bertz CT molecular complexity index is 388. The highest BCUT2D eigenvalue weighted by Crippen LogP contribution is 2.13. The van der Waals surface area contributed by atoms with Gasteiger partial charge in [-0.05, 0) is 24.6 Å². The molecule has 0 saturated heterocycles. The molecule has 1 aromatic carbocycles. The molecule has 0 aliphatic heterocycles. The summed E-state index contributed by atoms with van der Waals surface area (Å²) in [5, 5.41) is 2.84. The molecule has 0 unspecified atom stereocenters. The molecule has 1 aromatic rings. The van der Waals surface area contributed by atoms with Crippen LogP contribution in [0.15, 0.2) is 24.3 Å². The summed E-state index contributed by atoms with van der Waals surface area (Å²) in [7, 11) is 1.61. The fourth-order valence-corrected chi connectivity index (χ4v) is 1.83. The van der Waals surface area contributed by atoms with Gasteiger partial charge in [-0.15, -0.1) is 23.2 Å². The van der Waals surface area contributed by atoms with Crippen molar-refractivity contribution >= 4 is 29.1 Å². The molecule has 0 bridgehead atoms. The molecule has 1 amide bonds. The smallest absolute Gasteiger partial charge is 0.224 e. The largest absolute Gasteiger partial charge is 0.497 e. The molecule has 100 valence electrons. The van der Waals surface area contributed by atoms with Gasteiger partial charge in [-0.25, -0.2) is 0 Å². The highest BCUT2D eigenvalue weighted by atomic mass is 35.5. The molecule has 0 saturated carbocycles. The maximum absolute atomic E-state index is 11.8. The van der Waals surface area contributed by atoms with Crippen molar-refractivity contribution in [2.24, 2.45) is 0 Å². The van der Waals surface area contributed by atoms with Crippen molar-refractivity contribution in [2.75, 3.05) is 18.9 Å². The summed E-state index contributed by atoms with van der Waals surface area (Å²) in [6.45, 7) is 1.82. The molecule has 0 aliphatic rings. The zero-order valence-corrected chi connectivity index (χ0v) is 12.0. The van der Waals surface area contributed by atoms with E-state index in [4.69, 9.17) is 27.9 Å². The van der Waals surface area contributed by atoms with Crippen LogP contribution in [0.5, 0.6) is 5.75 Å². The number of hydrogen-bond donors (Lipinski definition) is 1. The molecule has 0 spiro atoms. The van der Waals surface area contributed by atoms with E-state index in [-0.39, 0.29) is 17.7 Å². The quantitative estimate of drug-likeness (QED) is 0.818. The minimum absolute atomic E-state index is 0.0935.